The maximum Gasteiger partial charge on any atom is 0.245 e. The SMILES string of the molecule is CCN(C)C(=O)C(C)n1c(=S)[nH]c2c(C#N)cccc21. The van der Waals surface area contributed by atoms with E-state index in [4.69, 9.17) is 17.5 Å². The van der Waals surface area contributed by atoms with Crippen molar-refractivity contribution in [2.75, 3.05) is 13.6 Å². The zero-order valence-corrected chi connectivity index (χ0v) is 12.5. The van der Waals surface area contributed by atoms with Crippen molar-refractivity contribution in [1.82, 2.24) is 14.5 Å². The van der Waals surface area contributed by atoms with E-state index >= 15 is 0 Å². The molecule has 1 N–H and O–H groups in total. The standard InChI is InChI=1S/C14H16N4OS/c1-4-17(3)13(19)9(2)18-11-7-5-6-10(8-15)12(11)16-14(18)20/h5-7,9H,4H2,1-3H3,(H,16,20). The quantitative estimate of drug-likeness (QED) is 0.883. The summed E-state index contributed by atoms with van der Waals surface area (Å²) in [6, 6.07) is 7.10. The van der Waals surface area contributed by atoms with Gasteiger partial charge in [0, 0.05) is 13.6 Å². The number of imidazole rings is 1. The third-order valence-electron chi connectivity index (χ3n) is 3.47. The number of nitrogens with zero attached hydrogens (tertiary/aromatic N) is 3. The highest BCUT2D eigenvalue weighted by Crippen LogP contribution is 2.22. The molecule has 1 aromatic heterocycles. The number of amides is 1. The number of rotatable bonds is 3. The number of carbonyl (C=O) groups excluding carboxylic acids is 1. The summed E-state index contributed by atoms with van der Waals surface area (Å²) in [6.07, 6.45) is 0. The molecule has 0 bridgehead atoms. The Kier molecular flexibility index (Phi) is 3.91. The van der Waals surface area contributed by atoms with E-state index in [9.17, 15) is 4.79 Å². The third kappa shape index (κ3) is 2.21. The summed E-state index contributed by atoms with van der Waals surface area (Å²) in [4.78, 5) is 17.0. The fraction of sp³-hybridized carbons (Fsp3) is 0.357. The fourth-order valence-electron chi connectivity index (χ4n) is 2.21. The van der Waals surface area contributed by atoms with Gasteiger partial charge in [0.05, 0.1) is 16.6 Å². The molecule has 1 aromatic carbocycles. The van der Waals surface area contributed by atoms with Gasteiger partial charge in [-0.1, -0.05) is 6.07 Å². The number of hydrogen-bond donors (Lipinski definition) is 1. The molecule has 1 atom stereocenters. The molecule has 0 saturated carbocycles. The van der Waals surface area contributed by atoms with E-state index in [2.05, 4.69) is 11.1 Å². The Hall–Kier alpha value is -2.13. The predicted molar refractivity (Wildman–Crippen MR) is 79.9 cm³/mol. The van der Waals surface area contributed by atoms with Crippen molar-refractivity contribution in [3.05, 3.63) is 28.5 Å². The highest BCUT2D eigenvalue weighted by Gasteiger charge is 2.21. The molecule has 2 rings (SSSR count). The summed E-state index contributed by atoms with van der Waals surface area (Å²) in [5.74, 6) is -0.00754. The smallest absolute Gasteiger partial charge is 0.245 e. The molecule has 1 amide bonds. The van der Waals surface area contributed by atoms with E-state index in [1.165, 1.54) is 0 Å². The van der Waals surface area contributed by atoms with Gasteiger partial charge in [-0.3, -0.25) is 4.79 Å². The maximum absolute atomic E-state index is 12.3. The van der Waals surface area contributed by atoms with Crippen molar-refractivity contribution in [3.63, 3.8) is 0 Å². The predicted octanol–water partition coefficient (Wildman–Crippen LogP) is 2.61. The molecule has 20 heavy (non-hydrogen) atoms. The molecule has 0 aliphatic heterocycles. The molecule has 0 fully saturated rings. The van der Waals surface area contributed by atoms with Crippen LogP contribution in [0.2, 0.25) is 0 Å². The molecule has 6 heteroatoms. The molecule has 5 nitrogen and oxygen atoms in total. The van der Waals surface area contributed by atoms with Gasteiger partial charge in [0.25, 0.3) is 0 Å². The largest absolute Gasteiger partial charge is 0.344 e. The zero-order valence-electron chi connectivity index (χ0n) is 11.7. The van der Waals surface area contributed by atoms with Crippen LogP contribution < -0.4 is 0 Å². The Balaban J connectivity index is 2.61. The van der Waals surface area contributed by atoms with Gasteiger partial charge in [-0.15, -0.1) is 0 Å². The zero-order chi connectivity index (χ0) is 14.9. The molecular formula is C14H16N4OS. The molecule has 1 heterocycles. The van der Waals surface area contributed by atoms with Gasteiger partial charge in [0.2, 0.25) is 5.91 Å². The minimum atomic E-state index is -0.407. The highest BCUT2D eigenvalue weighted by atomic mass is 32.1. The number of nitriles is 1. The molecule has 0 radical (unpaired) electrons. The van der Waals surface area contributed by atoms with Crippen LogP contribution in [0.15, 0.2) is 18.2 Å². The van der Waals surface area contributed by atoms with Crippen molar-refractivity contribution in [2.45, 2.75) is 19.9 Å². The average Bonchev–Trinajstić information content (AvgIpc) is 2.80. The number of para-hydroxylation sites is 1. The van der Waals surface area contributed by atoms with Gasteiger partial charge in [-0.2, -0.15) is 5.26 Å². The number of hydrogen-bond acceptors (Lipinski definition) is 3. The Morgan fingerprint density at radius 2 is 2.30 bits per heavy atom. The van der Waals surface area contributed by atoms with Crippen LogP contribution >= 0.6 is 12.2 Å². The molecule has 0 aliphatic rings. The number of benzene rings is 1. The summed E-state index contributed by atoms with van der Waals surface area (Å²) in [5.41, 5.74) is 1.98. The summed E-state index contributed by atoms with van der Waals surface area (Å²) < 4.78 is 2.22. The lowest BCUT2D eigenvalue weighted by atomic mass is 10.2. The molecule has 2 aromatic rings. The highest BCUT2D eigenvalue weighted by molar-refractivity contribution is 7.71. The first kappa shape index (κ1) is 14.3. The number of aromatic nitrogens is 2. The molecule has 1 unspecified atom stereocenters. The summed E-state index contributed by atoms with van der Waals surface area (Å²) in [6.45, 7) is 4.38. The van der Waals surface area contributed by atoms with E-state index in [0.717, 1.165) is 5.52 Å². The topological polar surface area (TPSA) is 64.8 Å². The third-order valence-corrected chi connectivity index (χ3v) is 3.77. The summed E-state index contributed by atoms with van der Waals surface area (Å²) in [7, 11) is 1.76. The van der Waals surface area contributed by atoms with Crippen LogP contribution in [-0.4, -0.2) is 34.0 Å². The number of aromatic amines is 1. The van der Waals surface area contributed by atoms with Crippen LogP contribution in [-0.2, 0) is 4.79 Å². The number of fused-ring (bicyclic) bond motifs is 1. The summed E-state index contributed by atoms with van der Waals surface area (Å²) in [5, 5.41) is 9.12. The van der Waals surface area contributed by atoms with Crippen LogP contribution in [0, 0.1) is 16.1 Å². The first-order valence-electron chi connectivity index (χ1n) is 6.39. The number of H-pyrrole nitrogens is 1. The van der Waals surface area contributed by atoms with Gasteiger partial charge >= 0.3 is 0 Å². The van der Waals surface area contributed by atoms with E-state index in [1.54, 1.807) is 28.6 Å². The van der Waals surface area contributed by atoms with Gasteiger partial charge in [0.15, 0.2) is 4.77 Å². The minimum absolute atomic E-state index is 0.00754. The van der Waals surface area contributed by atoms with Gasteiger partial charge in [-0.05, 0) is 38.2 Å². The van der Waals surface area contributed by atoms with E-state index in [0.29, 0.717) is 22.4 Å². The van der Waals surface area contributed by atoms with Crippen LogP contribution in [0.1, 0.15) is 25.5 Å². The van der Waals surface area contributed by atoms with E-state index in [-0.39, 0.29) is 5.91 Å². The molecule has 0 aliphatic carbocycles. The van der Waals surface area contributed by atoms with Crippen molar-refractivity contribution < 1.29 is 4.79 Å². The average molecular weight is 288 g/mol. The Morgan fingerprint density at radius 1 is 1.60 bits per heavy atom. The lowest BCUT2D eigenvalue weighted by Crippen LogP contribution is -2.32. The minimum Gasteiger partial charge on any atom is -0.344 e. The normalized spacial score (nSPS) is 12.1. The second-order valence-corrected chi connectivity index (χ2v) is 5.03. The molecular weight excluding hydrogens is 272 g/mol. The van der Waals surface area contributed by atoms with Crippen LogP contribution in [0.5, 0.6) is 0 Å². The molecule has 0 saturated heterocycles. The lowest BCUT2D eigenvalue weighted by Gasteiger charge is -2.21. The molecule has 0 spiro atoms. The van der Waals surface area contributed by atoms with E-state index < -0.39 is 6.04 Å². The van der Waals surface area contributed by atoms with Crippen LogP contribution in [0.4, 0.5) is 0 Å². The first-order valence-corrected chi connectivity index (χ1v) is 6.80. The van der Waals surface area contributed by atoms with Gasteiger partial charge in [-0.25, -0.2) is 0 Å². The second-order valence-electron chi connectivity index (χ2n) is 4.64. The van der Waals surface area contributed by atoms with Gasteiger partial charge < -0.3 is 14.5 Å². The lowest BCUT2D eigenvalue weighted by molar-refractivity contribution is -0.132. The van der Waals surface area contributed by atoms with Crippen LogP contribution in [0.25, 0.3) is 11.0 Å². The Labute approximate surface area is 122 Å². The Bertz CT molecular complexity index is 753. The maximum atomic E-state index is 12.3. The second kappa shape index (κ2) is 5.47. The summed E-state index contributed by atoms with van der Waals surface area (Å²) >= 11 is 5.31. The van der Waals surface area contributed by atoms with Crippen LogP contribution in [0.3, 0.4) is 0 Å². The first-order chi connectivity index (χ1) is 9.51. The number of carbonyl (C=O) groups is 1. The number of likely N-dealkylation sites (N-methyl/N-ethyl adjacent to an activating group) is 1. The van der Waals surface area contributed by atoms with Crippen molar-refractivity contribution in [1.29, 1.82) is 5.26 Å². The van der Waals surface area contributed by atoms with E-state index in [1.807, 2.05) is 19.9 Å². The monoisotopic (exact) mass is 288 g/mol. The molecule has 104 valence electrons. The number of nitrogens with one attached hydrogen (secondary N) is 1. The Morgan fingerprint density at radius 3 is 2.90 bits per heavy atom. The van der Waals surface area contributed by atoms with Gasteiger partial charge in [0.1, 0.15) is 12.1 Å². The van der Waals surface area contributed by atoms with Crippen molar-refractivity contribution >= 4 is 29.2 Å². The van der Waals surface area contributed by atoms with Crippen molar-refractivity contribution in [3.8, 4) is 6.07 Å². The fourth-order valence-corrected chi connectivity index (χ4v) is 2.57. The van der Waals surface area contributed by atoms with Crippen molar-refractivity contribution in [2.24, 2.45) is 0 Å².